The third-order valence-electron chi connectivity index (χ3n) is 5.01. The largest absolute Gasteiger partial charge is 0.321 e. The topological polar surface area (TPSA) is 84.3 Å². The number of amides is 3. The average molecular weight is 388 g/mol. The molecular weight excluding hydrogens is 368 g/mol. The van der Waals surface area contributed by atoms with E-state index in [1.165, 1.54) is 0 Å². The van der Waals surface area contributed by atoms with Crippen LogP contribution in [-0.4, -0.2) is 38.9 Å². The van der Waals surface area contributed by atoms with Crippen LogP contribution < -0.4 is 5.32 Å². The minimum atomic E-state index is -0.454. The summed E-state index contributed by atoms with van der Waals surface area (Å²) < 4.78 is 1.76. The molecule has 1 aliphatic heterocycles. The zero-order valence-electron chi connectivity index (χ0n) is 16.4. The first-order valence-corrected chi connectivity index (χ1v) is 9.25. The molecule has 0 saturated heterocycles. The smallest absolute Gasteiger partial charge is 0.262 e. The molecule has 146 valence electrons. The Labute approximate surface area is 167 Å². The Morgan fingerprint density at radius 1 is 0.931 bits per heavy atom. The van der Waals surface area contributed by atoms with E-state index < -0.39 is 17.7 Å². The van der Waals surface area contributed by atoms with Gasteiger partial charge in [0.15, 0.2) is 0 Å². The van der Waals surface area contributed by atoms with Crippen LogP contribution in [0.1, 0.15) is 37.7 Å². The van der Waals surface area contributed by atoms with Crippen molar-refractivity contribution in [2.24, 2.45) is 0 Å². The SMILES string of the molecule is Cc1ccc(-n2nc(C)c(NC(=O)CN3C(=O)c4ccccc4C3=O)c2C)cc1. The number of aryl methyl sites for hydroxylation is 2. The van der Waals surface area contributed by atoms with Gasteiger partial charge in [-0.1, -0.05) is 29.8 Å². The Kier molecular flexibility index (Phi) is 4.50. The molecule has 0 saturated carbocycles. The highest BCUT2D eigenvalue weighted by atomic mass is 16.2. The van der Waals surface area contributed by atoms with Gasteiger partial charge in [-0.05, 0) is 45.0 Å². The van der Waals surface area contributed by atoms with Crippen LogP contribution in [0.15, 0.2) is 48.5 Å². The summed E-state index contributed by atoms with van der Waals surface area (Å²) in [7, 11) is 0. The van der Waals surface area contributed by atoms with Crippen molar-refractivity contribution in [3.05, 3.63) is 76.6 Å². The second-order valence-electron chi connectivity index (χ2n) is 7.08. The van der Waals surface area contributed by atoms with Crippen molar-refractivity contribution in [3.8, 4) is 5.69 Å². The van der Waals surface area contributed by atoms with Gasteiger partial charge in [0.2, 0.25) is 5.91 Å². The maximum atomic E-state index is 12.6. The molecule has 1 aromatic heterocycles. The first kappa shape index (κ1) is 18.6. The number of anilines is 1. The number of nitrogens with one attached hydrogen (secondary N) is 1. The summed E-state index contributed by atoms with van der Waals surface area (Å²) in [5.41, 5.74) is 4.67. The Morgan fingerprint density at radius 2 is 1.52 bits per heavy atom. The lowest BCUT2D eigenvalue weighted by molar-refractivity contribution is -0.116. The second kappa shape index (κ2) is 7.01. The van der Waals surface area contributed by atoms with Crippen LogP contribution in [0.4, 0.5) is 5.69 Å². The third kappa shape index (κ3) is 3.20. The fourth-order valence-electron chi connectivity index (χ4n) is 3.47. The summed E-state index contributed by atoms with van der Waals surface area (Å²) in [4.78, 5) is 38.5. The molecule has 1 aliphatic rings. The van der Waals surface area contributed by atoms with Crippen LogP contribution in [0.5, 0.6) is 0 Å². The molecule has 4 rings (SSSR count). The van der Waals surface area contributed by atoms with E-state index >= 15 is 0 Å². The van der Waals surface area contributed by atoms with Crippen LogP contribution in [0.3, 0.4) is 0 Å². The molecule has 3 amide bonds. The lowest BCUT2D eigenvalue weighted by Gasteiger charge is -2.14. The van der Waals surface area contributed by atoms with E-state index in [2.05, 4.69) is 10.4 Å². The Bertz CT molecular complexity index is 1110. The Morgan fingerprint density at radius 3 is 2.10 bits per heavy atom. The van der Waals surface area contributed by atoms with Crippen LogP contribution in [0, 0.1) is 20.8 Å². The fraction of sp³-hybridized carbons (Fsp3) is 0.182. The number of aromatic nitrogens is 2. The van der Waals surface area contributed by atoms with E-state index in [0.717, 1.165) is 21.8 Å². The summed E-state index contributed by atoms with van der Waals surface area (Å²) in [6.45, 7) is 5.32. The highest BCUT2D eigenvalue weighted by Gasteiger charge is 2.36. The van der Waals surface area contributed by atoms with Gasteiger partial charge in [0.1, 0.15) is 6.54 Å². The van der Waals surface area contributed by atoms with Crippen molar-refractivity contribution in [1.29, 1.82) is 0 Å². The molecule has 3 aromatic rings. The lowest BCUT2D eigenvalue weighted by Crippen LogP contribution is -2.37. The molecule has 29 heavy (non-hydrogen) atoms. The summed E-state index contributed by atoms with van der Waals surface area (Å²) in [6, 6.07) is 14.5. The summed E-state index contributed by atoms with van der Waals surface area (Å²) >= 11 is 0. The van der Waals surface area contributed by atoms with Gasteiger partial charge in [-0.2, -0.15) is 5.10 Å². The van der Waals surface area contributed by atoms with Gasteiger partial charge in [0, 0.05) is 0 Å². The van der Waals surface area contributed by atoms with Crippen molar-refractivity contribution in [2.75, 3.05) is 11.9 Å². The minimum absolute atomic E-state index is 0.324. The normalized spacial score (nSPS) is 13.0. The highest BCUT2D eigenvalue weighted by molar-refractivity contribution is 6.22. The van der Waals surface area contributed by atoms with Gasteiger partial charge in [0.25, 0.3) is 11.8 Å². The van der Waals surface area contributed by atoms with E-state index in [1.807, 2.05) is 38.1 Å². The molecule has 7 heteroatoms. The summed E-state index contributed by atoms with van der Waals surface area (Å²) in [5.74, 6) is -1.36. The fourth-order valence-corrected chi connectivity index (χ4v) is 3.47. The van der Waals surface area contributed by atoms with Gasteiger partial charge in [-0.3, -0.25) is 19.3 Å². The van der Waals surface area contributed by atoms with Gasteiger partial charge in [-0.25, -0.2) is 4.68 Å². The van der Waals surface area contributed by atoms with E-state index in [4.69, 9.17) is 0 Å². The number of nitrogens with zero attached hydrogens (tertiary/aromatic N) is 3. The Balaban J connectivity index is 1.53. The highest BCUT2D eigenvalue weighted by Crippen LogP contribution is 2.25. The zero-order chi connectivity index (χ0) is 20.7. The predicted molar refractivity (Wildman–Crippen MR) is 108 cm³/mol. The van der Waals surface area contributed by atoms with Crippen LogP contribution in [0.2, 0.25) is 0 Å². The monoisotopic (exact) mass is 388 g/mol. The summed E-state index contributed by atoms with van der Waals surface area (Å²) in [5, 5.41) is 7.32. The molecule has 1 N–H and O–H groups in total. The van der Waals surface area contributed by atoms with Gasteiger partial charge in [-0.15, -0.1) is 0 Å². The van der Waals surface area contributed by atoms with E-state index in [-0.39, 0.29) is 6.54 Å². The van der Waals surface area contributed by atoms with Crippen LogP contribution in [-0.2, 0) is 4.79 Å². The Hall–Kier alpha value is -3.74. The molecule has 7 nitrogen and oxygen atoms in total. The van der Waals surface area contributed by atoms with Crippen LogP contribution in [0.25, 0.3) is 5.69 Å². The minimum Gasteiger partial charge on any atom is -0.321 e. The van der Waals surface area contributed by atoms with Crippen molar-refractivity contribution < 1.29 is 14.4 Å². The first-order valence-electron chi connectivity index (χ1n) is 9.25. The molecule has 0 unspecified atom stereocenters. The molecule has 0 atom stereocenters. The first-order chi connectivity index (χ1) is 13.9. The van der Waals surface area contributed by atoms with Gasteiger partial charge >= 0.3 is 0 Å². The van der Waals surface area contributed by atoms with Crippen LogP contribution >= 0.6 is 0 Å². The van der Waals surface area contributed by atoms with E-state index in [1.54, 1.807) is 35.9 Å². The lowest BCUT2D eigenvalue weighted by atomic mass is 10.1. The maximum Gasteiger partial charge on any atom is 0.262 e. The van der Waals surface area contributed by atoms with Gasteiger partial charge < -0.3 is 5.32 Å². The maximum absolute atomic E-state index is 12.6. The number of carbonyl (C=O) groups is 3. The standard InChI is InChI=1S/C22H20N4O3/c1-13-8-10-16(11-9-13)26-15(3)20(14(2)24-26)23-19(27)12-25-21(28)17-6-4-5-7-18(17)22(25)29/h4-11H,12H2,1-3H3,(H,23,27). The molecular formula is C22H20N4O3. The zero-order valence-corrected chi connectivity index (χ0v) is 16.4. The second-order valence-corrected chi connectivity index (χ2v) is 7.08. The molecule has 2 heterocycles. The van der Waals surface area contributed by atoms with E-state index in [0.29, 0.717) is 22.5 Å². The number of rotatable bonds is 4. The molecule has 0 fully saturated rings. The quantitative estimate of drug-likeness (QED) is 0.697. The van der Waals surface area contributed by atoms with Crippen molar-refractivity contribution >= 4 is 23.4 Å². The number of hydrogen-bond donors (Lipinski definition) is 1. The number of fused-ring (bicyclic) bond motifs is 1. The molecule has 0 bridgehead atoms. The van der Waals surface area contributed by atoms with Gasteiger partial charge in [0.05, 0.1) is 33.9 Å². The third-order valence-corrected chi connectivity index (χ3v) is 5.01. The van der Waals surface area contributed by atoms with Crippen molar-refractivity contribution in [2.45, 2.75) is 20.8 Å². The molecule has 0 spiro atoms. The van der Waals surface area contributed by atoms with E-state index in [9.17, 15) is 14.4 Å². The van der Waals surface area contributed by atoms with Crippen molar-refractivity contribution in [3.63, 3.8) is 0 Å². The molecule has 0 radical (unpaired) electrons. The number of carbonyl (C=O) groups excluding carboxylic acids is 3. The van der Waals surface area contributed by atoms with Crippen molar-refractivity contribution in [1.82, 2.24) is 14.7 Å². The number of hydrogen-bond acceptors (Lipinski definition) is 4. The molecule has 0 aliphatic carbocycles. The predicted octanol–water partition coefficient (Wildman–Crippen LogP) is 3.03. The average Bonchev–Trinajstić information content (AvgIpc) is 3.12. The number of benzene rings is 2. The molecule has 2 aromatic carbocycles. The number of imide groups is 1. The summed E-state index contributed by atoms with van der Waals surface area (Å²) in [6.07, 6.45) is 0.